The number of thioether (sulfide) groups is 1. The first-order chi connectivity index (χ1) is 23.7. The van der Waals surface area contributed by atoms with Crippen LogP contribution in [0.5, 0.6) is 0 Å². The Balaban J connectivity index is 2.52. The number of carbonyl (C=O) groups excluding carboxylic acids is 6. The minimum Gasteiger partial charge on any atom is -0.458 e. The molecule has 0 aromatic heterocycles. The van der Waals surface area contributed by atoms with E-state index in [-0.39, 0.29) is 13.0 Å². The van der Waals surface area contributed by atoms with Gasteiger partial charge in [-0.3, -0.25) is 0 Å². The van der Waals surface area contributed by atoms with Crippen LogP contribution in [0.2, 0.25) is 0 Å². The maximum absolute atomic E-state index is 12.7. The monoisotopic (exact) mass is 724 g/mol. The van der Waals surface area contributed by atoms with Crippen LogP contribution in [0.3, 0.4) is 0 Å². The van der Waals surface area contributed by atoms with Gasteiger partial charge in [0.2, 0.25) is 6.10 Å². The number of hydrogen-bond acceptors (Lipinski definition) is 14. The van der Waals surface area contributed by atoms with E-state index in [1.165, 1.54) is 25.7 Å². The van der Waals surface area contributed by atoms with Crippen LogP contribution in [0.1, 0.15) is 66.4 Å². The number of carbonyl (C=O) groups is 6. The second kappa shape index (κ2) is 24.1. The van der Waals surface area contributed by atoms with Crippen LogP contribution in [-0.2, 0) is 63.8 Å². The summed E-state index contributed by atoms with van der Waals surface area (Å²) in [4.78, 5) is 76.2. The number of quaternary nitrogens is 1. The Hall–Kier alpha value is -4.13. The number of terminal acetylenes is 1. The summed E-state index contributed by atoms with van der Waals surface area (Å²) in [5, 5.41) is 10.2. The van der Waals surface area contributed by atoms with Gasteiger partial charge in [-0.15, -0.1) is 12.3 Å². The Morgan fingerprint density at radius 3 is 1.78 bits per heavy atom. The van der Waals surface area contributed by atoms with Crippen LogP contribution in [-0.4, -0.2) is 109 Å². The topological polar surface area (TPSA) is 182 Å². The zero-order valence-electron chi connectivity index (χ0n) is 29.5. The van der Waals surface area contributed by atoms with Crippen molar-refractivity contribution in [1.29, 1.82) is 0 Å². The molecule has 0 aliphatic carbocycles. The maximum atomic E-state index is 12.7. The Kier molecular flexibility index (Phi) is 21.1. The Labute approximate surface area is 297 Å². The predicted molar refractivity (Wildman–Crippen MR) is 181 cm³/mol. The normalized spacial score (nSPS) is 14.5. The average Bonchev–Trinajstić information content (AvgIpc) is 3.09. The molecule has 0 amide bonds. The number of aliphatic hydroxyl groups is 1. The molecule has 14 nitrogen and oxygen atoms in total. The van der Waals surface area contributed by atoms with E-state index in [0.717, 1.165) is 43.6 Å². The smallest absolute Gasteiger partial charge is 0.349 e. The number of rotatable bonds is 23. The third kappa shape index (κ3) is 17.0. The molecule has 6 unspecified atom stereocenters. The van der Waals surface area contributed by atoms with Gasteiger partial charge in [0, 0.05) is 5.75 Å². The van der Waals surface area contributed by atoms with E-state index in [2.05, 4.69) is 19.8 Å². The minimum absolute atomic E-state index is 0.0318. The summed E-state index contributed by atoms with van der Waals surface area (Å²) in [6, 6.07) is 8.85. The van der Waals surface area contributed by atoms with Crippen molar-refractivity contribution in [3.8, 4) is 12.3 Å². The Morgan fingerprint density at radius 2 is 1.24 bits per heavy atom. The summed E-state index contributed by atoms with van der Waals surface area (Å²) in [5.74, 6) is -2.52. The largest absolute Gasteiger partial charge is 0.458 e. The number of ether oxygens (including phenoxy) is 6. The lowest BCUT2D eigenvalue weighted by Crippen LogP contribution is -3.11. The van der Waals surface area contributed by atoms with Crippen molar-refractivity contribution in [1.82, 2.24) is 0 Å². The first-order valence-corrected chi connectivity index (χ1v) is 17.6. The molecule has 0 saturated carbocycles. The Bertz CT molecular complexity index is 1280. The molecule has 0 aliphatic rings. The zero-order chi connectivity index (χ0) is 37.6. The standard InChI is InChI=1S/C35H49NO13S/c1-8-15-29(49-33(41)26(7)47-34(42)28(37)18-14-20-50-21-19-36(9-2)10-3)35(43)48-25(6)32(40)46-24(5)31(39)45-23(4)30(38)44-22-27-16-12-11-13-17-27/h1,11-13,16-17,23-26,28-29,37H,9-10,14-15,18-22H2,2-7H3/p+1. The van der Waals surface area contributed by atoms with E-state index in [1.54, 1.807) is 42.1 Å². The van der Waals surface area contributed by atoms with Gasteiger partial charge in [0.15, 0.2) is 30.5 Å². The quantitative estimate of drug-likeness (QED) is 0.0711. The van der Waals surface area contributed by atoms with Gasteiger partial charge < -0.3 is 38.4 Å². The SMILES string of the molecule is C#CCC(OC(=O)C(C)OC(=O)C(O)CCCSCC[NH+](CC)CC)C(=O)OC(C)C(=O)OC(C)C(=O)OC(C)C(=O)OCc1ccccc1. The summed E-state index contributed by atoms with van der Waals surface area (Å²) in [7, 11) is 0. The van der Waals surface area contributed by atoms with Crippen LogP contribution >= 0.6 is 11.8 Å². The second-order valence-electron chi connectivity index (χ2n) is 11.2. The number of aliphatic hydroxyl groups excluding tert-OH is 1. The molecule has 0 saturated heterocycles. The van der Waals surface area contributed by atoms with Crippen LogP contribution in [0.25, 0.3) is 0 Å². The van der Waals surface area contributed by atoms with E-state index < -0.39 is 78.9 Å². The fraction of sp³-hybridized carbons (Fsp3) is 0.600. The highest BCUT2D eigenvalue weighted by Gasteiger charge is 2.33. The second-order valence-corrected chi connectivity index (χ2v) is 12.4. The van der Waals surface area contributed by atoms with Gasteiger partial charge in [-0.1, -0.05) is 30.3 Å². The van der Waals surface area contributed by atoms with Gasteiger partial charge in [0.05, 0.1) is 26.1 Å². The number of hydrogen-bond donors (Lipinski definition) is 2. The summed E-state index contributed by atoms with van der Waals surface area (Å²) < 4.78 is 30.3. The number of benzene rings is 1. The van der Waals surface area contributed by atoms with Gasteiger partial charge in [-0.2, -0.15) is 11.8 Å². The number of nitrogens with one attached hydrogen (secondary N) is 1. The average molecular weight is 725 g/mol. The molecule has 15 heteroatoms. The predicted octanol–water partition coefficient (Wildman–Crippen LogP) is 1.19. The first kappa shape index (κ1) is 43.9. The molecule has 2 N–H and O–H groups in total. The van der Waals surface area contributed by atoms with Crippen LogP contribution < -0.4 is 4.90 Å². The molecule has 1 aromatic carbocycles. The lowest BCUT2D eigenvalue weighted by molar-refractivity contribution is -0.893. The van der Waals surface area contributed by atoms with Crippen molar-refractivity contribution < 1.29 is 67.2 Å². The molecule has 1 rings (SSSR count). The van der Waals surface area contributed by atoms with E-state index in [9.17, 15) is 33.9 Å². The van der Waals surface area contributed by atoms with E-state index in [0.29, 0.717) is 6.42 Å². The van der Waals surface area contributed by atoms with E-state index >= 15 is 0 Å². The van der Waals surface area contributed by atoms with Crippen molar-refractivity contribution in [2.75, 3.05) is 31.1 Å². The van der Waals surface area contributed by atoms with Crippen molar-refractivity contribution in [3.63, 3.8) is 0 Å². The molecule has 6 atom stereocenters. The molecule has 0 bridgehead atoms. The van der Waals surface area contributed by atoms with Gasteiger partial charge in [-0.05, 0) is 65.7 Å². The molecule has 50 heavy (non-hydrogen) atoms. The highest BCUT2D eigenvalue weighted by Crippen LogP contribution is 2.12. The van der Waals surface area contributed by atoms with Crippen molar-refractivity contribution in [2.45, 2.75) is 104 Å². The summed E-state index contributed by atoms with van der Waals surface area (Å²) in [5.41, 5.74) is 0.732. The fourth-order valence-electron chi connectivity index (χ4n) is 4.02. The van der Waals surface area contributed by atoms with Crippen LogP contribution in [0.4, 0.5) is 0 Å². The summed E-state index contributed by atoms with van der Waals surface area (Å²) in [6.07, 6.45) is -3.43. The van der Waals surface area contributed by atoms with Crippen LogP contribution in [0, 0.1) is 12.3 Å². The molecule has 0 aliphatic heterocycles. The summed E-state index contributed by atoms with van der Waals surface area (Å²) >= 11 is 1.73. The van der Waals surface area contributed by atoms with Crippen molar-refractivity contribution >= 4 is 47.6 Å². The van der Waals surface area contributed by atoms with Gasteiger partial charge in [0.1, 0.15) is 6.61 Å². The lowest BCUT2D eigenvalue weighted by atomic mass is 10.2. The van der Waals surface area contributed by atoms with Crippen LogP contribution in [0.15, 0.2) is 30.3 Å². The molecular weight excluding hydrogens is 674 g/mol. The Morgan fingerprint density at radius 1 is 0.740 bits per heavy atom. The molecular formula is C35H50NO13S+. The van der Waals surface area contributed by atoms with E-state index in [4.69, 9.17) is 34.8 Å². The molecule has 278 valence electrons. The summed E-state index contributed by atoms with van der Waals surface area (Å²) in [6.45, 7) is 12.2. The number of esters is 6. The van der Waals surface area contributed by atoms with Gasteiger partial charge in [-0.25, -0.2) is 28.8 Å². The van der Waals surface area contributed by atoms with Crippen molar-refractivity contribution in [2.24, 2.45) is 0 Å². The minimum atomic E-state index is -1.67. The van der Waals surface area contributed by atoms with Gasteiger partial charge in [0.25, 0.3) is 0 Å². The lowest BCUT2D eigenvalue weighted by Gasteiger charge is -2.21. The molecule has 1 aromatic rings. The first-order valence-electron chi connectivity index (χ1n) is 16.5. The highest BCUT2D eigenvalue weighted by atomic mass is 32.2. The maximum Gasteiger partial charge on any atom is 0.349 e. The van der Waals surface area contributed by atoms with E-state index in [1.807, 2.05) is 0 Å². The fourth-order valence-corrected chi connectivity index (χ4v) is 5.02. The molecule has 0 spiro atoms. The van der Waals surface area contributed by atoms with Crippen molar-refractivity contribution in [3.05, 3.63) is 35.9 Å². The zero-order valence-corrected chi connectivity index (χ0v) is 30.4. The molecule has 0 radical (unpaired) electrons. The highest BCUT2D eigenvalue weighted by molar-refractivity contribution is 7.99. The van der Waals surface area contributed by atoms with Gasteiger partial charge >= 0.3 is 35.8 Å². The third-order valence-electron chi connectivity index (χ3n) is 7.19. The molecule has 0 fully saturated rings. The third-order valence-corrected chi connectivity index (χ3v) is 8.26. The molecule has 0 heterocycles.